The Morgan fingerprint density at radius 2 is 1.83 bits per heavy atom. The molecule has 0 N–H and O–H groups in total. The minimum atomic E-state index is 0.534. The number of nitrogens with zero attached hydrogens (tertiary/aromatic N) is 5. The van der Waals surface area contributed by atoms with Crippen molar-refractivity contribution in [3.8, 4) is 22.8 Å². The van der Waals surface area contributed by atoms with E-state index in [1.807, 2.05) is 59.2 Å². The molecule has 0 aliphatic heterocycles. The number of unbranched alkanes of at least 4 members (excludes halogenated alkanes) is 1. The lowest BCUT2D eigenvalue weighted by atomic mass is 10.2. The summed E-state index contributed by atoms with van der Waals surface area (Å²) in [4.78, 5) is 4.48. The molecule has 0 aliphatic carbocycles. The van der Waals surface area contributed by atoms with Gasteiger partial charge in [0, 0.05) is 17.7 Å². The van der Waals surface area contributed by atoms with Gasteiger partial charge >= 0.3 is 0 Å². The van der Waals surface area contributed by atoms with E-state index >= 15 is 0 Å². The fourth-order valence-corrected chi connectivity index (χ4v) is 3.80. The smallest absolute Gasteiger partial charge is 0.237 e. The lowest BCUT2D eigenvalue weighted by Crippen LogP contribution is -1.99. The van der Waals surface area contributed by atoms with E-state index in [4.69, 9.17) is 9.26 Å². The molecule has 0 saturated carbocycles. The molecule has 154 valence electrons. The fourth-order valence-electron chi connectivity index (χ4n) is 3.01. The normalized spacial score (nSPS) is 11.0. The first-order chi connectivity index (χ1) is 14.8. The van der Waals surface area contributed by atoms with Crippen molar-refractivity contribution in [2.75, 3.05) is 7.11 Å². The highest BCUT2D eigenvalue weighted by molar-refractivity contribution is 7.98. The van der Waals surface area contributed by atoms with Crippen LogP contribution in [0.25, 0.3) is 17.1 Å². The number of hydrogen-bond acceptors (Lipinski definition) is 7. The quantitative estimate of drug-likeness (QED) is 0.353. The van der Waals surface area contributed by atoms with Crippen molar-refractivity contribution in [1.29, 1.82) is 0 Å². The molecule has 0 amide bonds. The highest BCUT2D eigenvalue weighted by Crippen LogP contribution is 2.30. The minimum Gasteiger partial charge on any atom is -0.497 e. The topological polar surface area (TPSA) is 78.9 Å². The van der Waals surface area contributed by atoms with Crippen molar-refractivity contribution in [3.05, 3.63) is 66.3 Å². The Kier molecular flexibility index (Phi) is 6.44. The molecule has 0 bridgehead atoms. The van der Waals surface area contributed by atoms with Gasteiger partial charge in [-0.05, 0) is 42.8 Å². The monoisotopic (exact) mass is 421 g/mol. The number of ether oxygens (including phenoxy) is 1. The summed E-state index contributed by atoms with van der Waals surface area (Å²) in [5, 5.41) is 13.7. The first-order valence-corrected chi connectivity index (χ1v) is 10.9. The van der Waals surface area contributed by atoms with Gasteiger partial charge in [-0.1, -0.05) is 48.5 Å². The van der Waals surface area contributed by atoms with Crippen LogP contribution in [-0.2, 0) is 12.2 Å². The summed E-state index contributed by atoms with van der Waals surface area (Å²) in [6.45, 7) is 2.15. The Balaban J connectivity index is 1.61. The van der Waals surface area contributed by atoms with Gasteiger partial charge in [0.25, 0.3) is 0 Å². The summed E-state index contributed by atoms with van der Waals surface area (Å²) < 4.78 is 12.7. The van der Waals surface area contributed by atoms with Crippen LogP contribution >= 0.6 is 11.8 Å². The Labute approximate surface area is 179 Å². The zero-order chi connectivity index (χ0) is 20.8. The number of para-hydroxylation sites is 1. The molecule has 0 atom stereocenters. The van der Waals surface area contributed by atoms with Crippen LogP contribution in [0.4, 0.5) is 0 Å². The summed E-state index contributed by atoms with van der Waals surface area (Å²) in [7, 11) is 1.65. The van der Waals surface area contributed by atoms with Crippen LogP contribution in [0.2, 0.25) is 0 Å². The lowest BCUT2D eigenvalue weighted by Gasteiger charge is -2.10. The molecule has 0 spiro atoms. The van der Waals surface area contributed by atoms with Crippen LogP contribution in [0, 0.1) is 0 Å². The number of aromatic nitrogens is 5. The van der Waals surface area contributed by atoms with E-state index in [1.54, 1.807) is 7.11 Å². The van der Waals surface area contributed by atoms with Gasteiger partial charge in [-0.3, -0.25) is 4.57 Å². The highest BCUT2D eigenvalue weighted by atomic mass is 32.2. The molecule has 8 heteroatoms. The molecule has 0 unspecified atom stereocenters. The Morgan fingerprint density at radius 1 is 1.03 bits per heavy atom. The van der Waals surface area contributed by atoms with E-state index in [9.17, 15) is 0 Å². The van der Waals surface area contributed by atoms with Crippen LogP contribution in [-0.4, -0.2) is 32.0 Å². The minimum absolute atomic E-state index is 0.534. The van der Waals surface area contributed by atoms with E-state index in [0.29, 0.717) is 11.6 Å². The first kappa shape index (κ1) is 20.2. The van der Waals surface area contributed by atoms with Crippen molar-refractivity contribution >= 4 is 11.8 Å². The molecule has 7 nitrogen and oxygen atoms in total. The van der Waals surface area contributed by atoms with Crippen molar-refractivity contribution in [2.45, 2.75) is 37.1 Å². The van der Waals surface area contributed by atoms with E-state index in [1.165, 1.54) is 11.8 Å². The molecular formula is C22H23N5O2S. The molecule has 0 fully saturated rings. The SMILES string of the molecule is CCCCc1noc(CSc2nnc(-c3ccc(OC)cc3)n2-c2ccccc2)n1. The zero-order valence-electron chi connectivity index (χ0n) is 17.0. The van der Waals surface area contributed by atoms with E-state index in [0.717, 1.165) is 53.1 Å². The summed E-state index contributed by atoms with van der Waals surface area (Å²) in [6, 6.07) is 17.9. The van der Waals surface area contributed by atoms with Gasteiger partial charge in [-0.25, -0.2) is 0 Å². The summed E-state index contributed by atoms with van der Waals surface area (Å²) in [6.07, 6.45) is 3.00. The summed E-state index contributed by atoms with van der Waals surface area (Å²) in [5.74, 6) is 3.46. The average Bonchev–Trinajstić information content (AvgIpc) is 3.44. The van der Waals surface area contributed by atoms with E-state index in [2.05, 4.69) is 27.3 Å². The highest BCUT2D eigenvalue weighted by Gasteiger charge is 2.17. The fraction of sp³-hybridized carbons (Fsp3) is 0.273. The molecule has 4 aromatic rings. The van der Waals surface area contributed by atoms with Gasteiger partial charge in [0.1, 0.15) is 5.75 Å². The van der Waals surface area contributed by atoms with Crippen molar-refractivity contribution in [2.24, 2.45) is 0 Å². The maximum Gasteiger partial charge on any atom is 0.237 e. The molecule has 4 rings (SSSR count). The third kappa shape index (κ3) is 4.54. The largest absolute Gasteiger partial charge is 0.497 e. The number of aryl methyl sites for hydroxylation is 1. The molecule has 2 heterocycles. The maximum absolute atomic E-state index is 5.39. The number of rotatable bonds is 9. The number of thioether (sulfide) groups is 1. The lowest BCUT2D eigenvalue weighted by molar-refractivity contribution is 0.384. The van der Waals surface area contributed by atoms with Gasteiger partial charge in [-0.15, -0.1) is 10.2 Å². The molecule has 2 aromatic carbocycles. The zero-order valence-corrected chi connectivity index (χ0v) is 17.8. The van der Waals surface area contributed by atoms with Crippen LogP contribution in [0.1, 0.15) is 31.5 Å². The van der Waals surface area contributed by atoms with E-state index < -0.39 is 0 Å². The van der Waals surface area contributed by atoms with Gasteiger partial charge in [-0.2, -0.15) is 4.98 Å². The second-order valence-corrected chi connectivity index (χ2v) is 7.64. The van der Waals surface area contributed by atoms with Crippen LogP contribution in [0.15, 0.2) is 64.3 Å². The van der Waals surface area contributed by atoms with Crippen molar-refractivity contribution in [1.82, 2.24) is 24.9 Å². The van der Waals surface area contributed by atoms with Gasteiger partial charge in [0.05, 0.1) is 12.9 Å². The number of methoxy groups -OCH3 is 1. The third-order valence-electron chi connectivity index (χ3n) is 4.58. The maximum atomic E-state index is 5.39. The summed E-state index contributed by atoms with van der Waals surface area (Å²) >= 11 is 1.52. The molecular weight excluding hydrogens is 398 g/mol. The first-order valence-electron chi connectivity index (χ1n) is 9.88. The third-order valence-corrected chi connectivity index (χ3v) is 5.50. The van der Waals surface area contributed by atoms with Crippen molar-refractivity contribution in [3.63, 3.8) is 0 Å². The predicted octanol–water partition coefficient (Wildman–Crippen LogP) is 4.96. The van der Waals surface area contributed by atoms with Crippen LogP contribution < -0.4 is 4.74 Å². The Hall–Kier alpha value is -3.13. The standard InChI is InChI=1S/C22H23N5O2S/c1-3-4-10-19-23-20(29-26-19)15-30-22-25-24-21(16-11-13-18(28-2)14-12-16)27(22)17-8-6-5-7-9-17/h5-9,11-14H,3-4,10,15H2,1-2H3. The van der Waals surface area contributed by atoms with Crippen LogP contribution in [0.3, 0.4) is 0 Å². The molecule has 0 radical (unpaired) electrons. The number of benzene rings is 2. The van der Waals surface area contributed by atoms with E-state index in [-0.39, 0.29) is 0 Å². The van der Waals surface area contributed by atoms with Gasteiger partial charge in [0.15, 0.2) is 16.8 Å². The van der Waals surface area contributed by atoms with Gasteiger partial charge in [0.2, 0.25) is 5.89 Å². The predicted molar refractivity (Wildman–Crippen MR) is 116 cm³/mol. The molecule has 30 heavy (non-hydrogen) atoms. The number of hydrogen-bond donors (Lipinski definition) is 0. The summed E-state index contributed by atoms with van der Waals surface area (Å²) in [5.41, 5.74) is 1.95. The van der Waals surface area contributed by atoms with Crippen LogP contribution in [0.5, 0.6) is 5.75 Å². The second-order valence-electron chi connectivity index (χ2n) is 6.70. The second kappa shape index (κ2) is 9.58. The average molecular weight is 422 g/mol. The van der Waals surface area contributed by atoms with Gasteiger partial charge < -0.3 is 9.26 Å². The molecule has 0 aliphatic rings. The Morgan fingerprint density at radius 3 is 2.57 bits per heavy atom. The Bertz CT molecular complexity index is 1080. The van der Waals surface area contributed by atoms with Crippen molar-refractivity contribution < 1.29 is 9.26 Å². The molecule has 2 aromatic heterocycles. The molecule has 0 saturated heterocycles.